The van der Waals surface area contributed by atoms with Gasteiger partial charge in [-0.1, -0.05) is 15.9 Å². The van der Waals surface area contributed by atoms with Crippen LogP contribution in [0.2, 0.25) is 0 Å². The fourth-order valence-corrected chi connectivity index (χ4v) is 1.59. The lowest BCUT2D eigenvalue weighted by Gasteiger charge is -2.04. The number of aromatic amines is 1. The van der Waals surface area contributed by atoms with Gasteiger partial charge in [-0.05, 0) is 12.1 Å². The van der Waals surface area contributed by atoms with E-state index in [1.54, 1.807) is 0 Å². The molecule has 16 heavy (non-hydrogen) atoms. The second kappa shape index (κ2) is 4.32. The molecule has 2 rings (SSSR count). The number of imidazole rings is 1. The van der Waals surface area contributed by atoms with Crippen LogP contribution in [0.3, 0.4) is 0 Å². The minimum atomic E-state index is -3.05. The van der Waals surface area contributed by atoms with Crippen molar-refractivity contribution in [2.45, 2.75) is 11.9 Å². The van der Waals surface area contributed by atoms with Gasteiger partial charge in [-0.15, -0.1) is 0 Å². The van der Waals surface area contributed by atoms with E-state index in [1.165, 1.54) is 6.07 Å². The summed E-state index contributed by atoms with van der Waals surface area (Å²) in [5.74, 6) is -0.875. The highest BCUT2D eigenvalue weighted by Crippen LogP contribution is 2.26. The standard InChI is InChI=1S/C9H6BrF3N2O/c10-3-6-14-4-1-2-5(16-9(12)13)7(11)8(4)15-6/h1-2,9H,3H2,(H,14,15). The number of ether oxygens (including phenoxy) is 1. The number of halogens is 4. The minimum Gasteiger partial charge on any atom is -0.432 e. The first-order chi connectivity index (χ1) is 7.61. The molecule has 0 bridgehead atoms. The summed E-state index contributed by atoms with van der Waals surface area (Å²) < 4.78 is 41.5. The number of H-pyrrole nitrogens is 1. The van der Waals surface area contributed by atoms with Gasteiger partial charge in [-0.25, -0.2) is 9.37 Å². The van der Waals surface area contributed by atoms with Crippen LogP contribution < -0.4 is 4.74 Å². The zero-order valence-electron chi connectivity index (χ0n) is 7.81. The fourth-order valence-electron chi connectivity index (χ4n) is 1.32. The Morgan fingerprint density at radius 3 is 2.81 bits per heavy atom. The van der Waals surface area contributed by atoms with Crippen molar-refractivity contribution in [3.63, 3.8) is 0 Å². The summed E-state index contributed by atoms with van der Waals surface area (Å²) in [6, 6.07) is 2.58. The predicted molar refractivity (Wildman–Crippen MR) is 55.3 cm³/mol. The smallest absolute Gasteiger partial charge is 0.387 e. The number of fused-ring (bicyclic) bond motifs is 1. The van der Waals surface area contributed by atoms with Gasteiger partial charge in [0.1, 0.15) is 11.3 Å². The molecule has 0 aliphatic heterocycles. The molecular formula is C9H6BrF3N2O. The number of hydrogen-bond acceptors (Lipinski definition) is 2. The number of alkyl halides is 3. The second-order valence-electron chi connectivity index (χ2n) is 2.97. The maximum Gasteiger partial charge on any atom is 0.387 e. The molecule has 0 saturated heterocycles. The van der Waals surface area contributed by atoms with Gasteiger partial charge in [0.05, 0.1) is 10.8 Å². The quantitative estimate of drug-likeness (QED) is 0.883. The first-order valence-electron chi connectivity index (χ1n) is 4.29. The van der Waals surface area contributed by atoms with Crippen LogP contribution in [0.25, 0.3) is 11.0 Å². The molecular weight excluding hydrogens is 289 g/mol. The normalized spacial score (nSPS) is 11.3. The Bertz CT molecular complexity index is 515. The van der Waals surface area contributed by atoms with E-state index >= 15 is 0 Å². The second-order valence-corrected chi connectivity index (χ2v) is 3.53. The van der Waals surface area contributed by atoms with Gasteiger partial charge in [-0.3, -0.25) is 0 Å². The van der Waals surface area contributed by atoms with Gasteiger partial charge in [0.15, 0.2) is 11.6 Å². The third-order valence-corrected chi connectivity index (χ3v) is 2.48. The predicted octanol–water partition coefficient (Wildman–Crippen LogP) is 3.20. The first-order valence-corrected chi connectivity index (χ1v) is 5.42. The minimum absolute atomic E-state index is 0.00685. The molecule has 1 N–H and O–H groups in total. The van der Waals surface area contributed by atoms with Crippen LogP contribution >= 0.6 is 15.9 Å². The fraction of sp³-hybridized carbons (Fsp3) is 0.222. The Morgan fingerprint density at radius 1 is 1.44 bits per heavy atom. The molecule has 0 saturated carbocycles. The van der Waals surface area contributed by atoms with E-state index in [2.05, 4.69) is 30.6 Å². The van der Waals surface area contributed by atoms with Crippen LogP contribution in [0.1, 0.15) is 5.82 Å². The van der Waals surface area contributed by atoms with Crippen LogP contribution in [0.5, 0.6) is 5.75 Å². The molecule has 0 amide bonds. The molecule has 0 spiro atoms. The van der Waals surface area contributed by atoms with Gasteiger partial charge in [-0.2, -0.15) is 8.78 Å². The maximum absolute atomic E-state index is 13.6. The van der Waals surface area contributed by atoms with E-state index in [0.717, 1.165) is 6.07 Å². The van der Waals surface area contributed by atoms with Crippen LogP contribution in [-0.4, -0.2) is 16.6 Å². The zero-order valence-corrected chi connectivity index (χ0v) is 9.39. The Labute approximate surface area is 96.7 Å². The Morgan fingerprint density at radius 2 is 2.19 bits per heavy atom. The van der Waals surface area contributed by atoms with Crippen LogP contribution in [0.4, 0.5) is 13.2 Å². The van der Waals surface area contributed by atoms with Gasteiger partial charge >= 0.3 is 6.61 Å². The number of rotatable bonds is 3. The van der Waals surface area contributed by atoms with Crippen molar-refractivity contribution in [2.75, 3.05) is 0 Å². The molecule has 7 heteroatoms. The monoisotopic (exact) mass is 294 g/mol. The van der Waals surface area contributed by atoms with E-state index in [4.69, 9.17) is 0 Å². The summed E-state index contributed by atoms with van der Waals surface area (Å²) >= 11 is 3.15. The topological polar surface area (TPSA) is 37.9 Å². The molecule has 0 unspecified atom stereocenters. The zero-order chi connectivity index (χ0) is 11.7. The average Bonchev–Trinajstić information content (AvgIpc) is 2.65. The van der Waals surface area contributed by atoms with Crippen molar-refractivity contribution < 1.29 is 17.9 Å². The molecule has 0 aliphatic carbocycles. The third kappa shape index (κ3) is 1.99. The van der Waals surface area contributed by atoms with E-state index in [0.29, 0.717) is 16.7 Å². The molecule has 0 aliphatic rings. The molecule has 0 radical (unpaired) electrons. The number of nitrogens with one attached hydrogen (secondary N) is 1. The SMILES string of the molecule is Fc1c(OC(F)F)ccc2[nH]c(CBr)nc12. The summed E-state index contributed by atoms with van der Waals surface area (Å²) in [4.78, 5) is 6.72. The maximum atomic E-state index is 13.6. The van der Waals surface area contributed by atoms with Crippen molar-refractivity contribution in [3.05, 3.63) is 23.8 Å². The average molecular weight is 295 g/mol. The van der Waals surface area contributed by atoms with Gasteiger partial charge in [0.2, 0.25) is 0 Å². The number of nitrogens with zero attached hydrogens (tertiary/aromatic N) is 1. The molecule has 0 atom stereocenters. The number of benzene rings is 1. The van der Waals surface area contributed by atoms with E-state index in [9.17, 15) is 13.2 Å². The first kappa shape index (κ1) is 11.3. The molecule has 86 valence electrons. The van der Waals surface area contributed by atoms with Crippen LogP contribution in [-0.2, 0) is 5.33 Å². The lowest BCUT2D eigenvalue weighted by atomic mass is 10.3. The highest BCUT2D eigenvalue weighted by Gasteiger charge is 2.15. The van der Waals surface area contributed by atoms with Gasteiger partial charge in [0, 0.05) is 0 Å². The van der Waals surface area contributed by atoms with Crippen molar-refractivity contribution in [1.29, 1.82) is 0 Å². The van der Waals surface area contributed by atoms with Crippen molar-refractivity contribution in [3.8, 4) is 5.75 Å². The molecule has 1 aromatic carbocycles. The van der Waals surface area contributed by atoms with Crippen LogP contribution in [0, 0.1) is 5.82 Å². The lowest BCUT2D eigenvalue weighted by molar-refractivity contribution is -0.0520. The number of hydrogen-bond donors (Lipinski definition) is 1. The van der Waals surface area contributed by atoms with Gasteiger partial charge in [0.25, 0.3) is 0 Å². The summed E-state index contributed by atoms with van der Waals surface area (Å²) in [7, 11) is 0. The molecule has 2 aromatic rings. The van der Waals surface area contributed by atoms with E-state index in [-0.39, 0.29) is 5.52 Å². The van der Waals surface area contributed by atoms with Crippen LogP contribution in [0.15, 0.2) is 12.1 Å². The highest BCUT2D eigenvalue weighted by atomic mass is 79.9. The summed E-state index contributed by atoms with van der Waals surface area (Å²) in [6.07, 6.45) is 0. The Hall–Kier alpha value is -1.24. The number of aromatic nitrogens is 2. The Balaban J connectivity index is 2.50. The van der Waals surface area contributed by atoms with E-state index < -0.39 is 18.2 Å². The van der Waals surface area contributed by atoms with Crippen molar-refractivity contribution in [2.24, 2.45) is 0 Å². The molecule has 1 heterocycles. The molecule has 0 fully saturated rings. The van der Waals surface area contributed by atoms with Gasteiger partial charge < -0.3 is 9.72 Å². The molecule has 1 aromatic heterocycles. The lowest BCUT2D eigenvalue weighted by Crippen LogP contribution is -2.03. The third-order valence-electron chi connectivity index (χ3n) is 1.95. The van der Waals surface area contributed by atoms with Crippen molar-refractivity contribution >= 4 is 27.0 Å². The summed E-state index contributed by atoms with van der Waals surface area (Å²) in [6.45, 7) is -3.05. The largest absolute Gasteiger partial charge is 0.432 e. The summed E-state index contributed by atoms with van der Waals surface area (Å²) in [5.41, 5.74) is 0.432. The molecule has 3 nitrogen and oxygen atoms in total. The van der Waals surface area contributed by atoms with E-state index in [1.807, 2.05) is 0 Å². The van der Waals surface area contributed by atoms with Crippen molar-refractivity contribution in [1.82, 2.24) is 9.97 Å². The Kier molecular flexibility index (Phi) is 3.04. The highest BCUT2D eigenvalue weighted by molar-refractivity contribution is 9.08. The summed E-state index contributed by atoms with van der Waals surface area (Å²) in [5, 5.41) is 0.423.